The molecule has 0 aliphatic heterocycles. The van der Waals surface area contributed by atoms with Gasteiger partial charge in [0.2, 0.25) is 0 Å². The van der Waals surface area contributed by atoms with Gasteiger partial charge >= 0.3 is 0 Å². The summed E-state index contributed by atoms with van der Waals surface area (Å²) in [6.07, 6.45) is 7.31. The number of nitrogens with one attached hydrogen (secondary N) is 1. The van der Waals surface area contributed by atoms with Gasteiger partial charge in [-0.05, 0) is 32.0 Å². The lowest BCUT2D eigenvalue weighted by molar-refractivity contribution is 0.502. The molecule has 3 heteroatoms. The van der Waals surface area contributed by atoms with Crippen LogP contribution in [0.1, 0.15) is 37.4 Å². The van der Waals surface area contributed by atoms with E-state index in [-0.39, 0.29) is 0 Å². The fourth-order valence-corrected chi connectivity index (χ4v) is 2.43. The lowest BCUT2D eigenvalue weighted by Gasteiger charge is -2.12. The minimum Gasteiger partial charge on any atom is -0.337 e. The number of hydrogen-bond donors (Lipinski definition) is 1. The molecule has 0 bridgehead atoms. The van der Waals surface area contributed by atoms with Gasteiger partial charge in [0, 0.05) is 17.9 Å². The van der Waals surface area contributed by atoms with Gasteiger partial charge in [-0.1, -0.05) is 12.8 Å². The molecule has 0 unspecified atom stereocenters. The number of nitrogens with zero attached hydrogens (tertiary/aromatic N) is 1. The normalized spacial score (nSPS) is 18.8. The third-order valence-corrected chi connectivity index (χ3v) is 3.01. The average Bonchev–Trinajstić information content (AvgIpc) is 2.61. The maximum atomic E-state index is 5.22. The third kappa shape index (κ3) is 1.22. The van der Waals surface area contributed by atoms with E-state index in [9.17, 15) is 0 Å². The molecule has 0 radical (unpaired) electrons. The molecule has 0 atom stereocenters. The molecule has 0 amide bonds. The summed E-state index contributed by atoms with van der Waals surface area (Å²) in [7, 11) is 0. The maximum Gasteiger partial charge on any atom is 0.177 e. The van der Waals surface area contributed by atoms with E-state index in [0.29, 0.717) is 6.04 Å². The van der Waals surface area contributed by atoms with Gasteiger partial charge in [0.05, 0.1) is 0 Å². The second-order valence-electron chi connectivity index (χ2n) is 3.54. The van der Waals surface area contributed by atoms with E-state index in [1.165, 1.54) is 31.4 Å². The third-order valence-electron chi connectivity index (χ3n) is 2.69. The molecule has 1 aliphatic carbocycles. The zero-order chi connectivity index (χ0) is 8.55. The van der Waals surface area contributed by atoms with Crippen molar-refractivity contribution in [2.45, 2.75) is 38.6 Å². The van der Waals surface area contributed by atoms with Crippen molar-refractivity contribution < 1.29 is 0 Å². The van der Waals surface area contributed by atoms with E-state index in [4.69, 9.17) is 12.2 Å². The summed E-state index contributed by atoms with van der Waals surface area (Å²) in [6.45, 7) is 2.12. The van der Waals surface area contributed by atoms with Crippen LogP contribution in [0.4, 0.5) is 0 Å². The summed E-state index contributed by atoms with van der Waals surface area (Å²) in [4.78, 5) is 3.09. The van der Waals surface area contributed by atoms with Crippen LogP contribution in [0.3, 0.4) is 0 Å². The monoisotopic (exact) mass is 182 g/mol. The molecule has 1 fully saturated rings. The maximum absolute atomic E-state index is 5.22. The van der Waals surface area contributed by atoms with E-state index in [1.807, 2.05) is 6.20 Å². The van der Waals surface area contributed by atoms with E-state index in [2.05, 4.69) is 16.5 Å². The Morgan fingerprint density at radius 1 is 1.50 bits per heavy atom. The van der Waals surface area contributed by atoms with Crippen molar-refractivity contribution >= 4 is 12.2 Å². The molecular formula is C9H14N2S. The van der Waals surface area contributed by atoms with Crippen LogP contribution in [0.25, 0.3) is 0 Å². The highest BCUT2D eigenvalue weighted by atomic mass is 32.1. The molecule has 0 aromatic carbocycles. The lowest BCUT2D eigenvalue weighted by atomic mass is 10.2. The predicted octanol–water partition coefficient (Wildman–Crippen LogP) is 2.97. The van der Waals surface area contributed by atoms with Crippen LogP contribution in [0, 0.1) is 11.7 Å². The number of H-pyrrole nitrogens is 1. The van der Waals surface area contributed by atoms with Crippen LogP contribution in [0.15, 0.2) is 6.20 Å². The Balaban J connectivity index is 2.37. The minimum absolute atomic E-state index is 0.670. The van der Waals surface area contributed by atoms with Crippen molar-refractivity contribution in [2.75, 3.05) is 0 Å². The Labute approximate surface area is 77.6 Å². The van der Waals surface area contributed by atoms with E-state index in [0.717, 1.165) is 4.77 Å². The first-order chi connectivity index (χ1) is 5.79. The lowest BCUT2D eigenvalue weighted by Crippen LogP contribution is -2.06. The molecule has 1 N–H and O–H groups in total. The van der Waals surface area contributed by atoms with Gasteiger partial charge in [0.1, 0.15) is 0 Å². The molecular weight excluding hydrogens is 168 g/mol. The molecule has 2 nitrogen and oxygen atoms in total. The number of imidazole rings is 1. The summed E-state index contributed by atoms with van der Waals surface area (Å²) in [5.41, 5.74) is 1.27. The summed E-state index contributed by atoms with van der Waals surface area (Å²) < 4.78 is 3.15. The molecule has 1 aromatic heterocycles. The Morgan fingerprint density at radius 3 is 2.67 bits per heavy atom. The number of aromatic amines is 1. The highest BCUT2D eigenvalue weighted by molar-refractivity contribution is 7.71. The smallest absolute Gasteiger partial charge is 0.177 e. The largest absolute Gasteiger partial charge is 0.337 e. The number of rotatable bonds is 1. The molecule has 1 aromatic rings. The van der Waals surface area contributed by atoms with Crippen molar-refractivity contribution in [2.24, 2.45) is 0 Å². The molecule has 12 heavy (non-hydrogen) atoms. The second-order valence-corrected chi connectivity index (χ2v) is 3.93. The van der Waals surface area contributed by atoms with E-state index in [1.54, 1.807) is 0 Å². The Bertz CT molecular complexity index is 318. The van der Waals surface area contributed by atoms with Gasteiger partial charge in [0.15, 0.2) is 4.77 Å². The van der Waals surface area contributed by atoms with Crippen molar-refractivity contribution in [3.63, 3.8) is 0 Å². The molecule has 1 heterocycles. The first-order valence-electron chi connectivity index (χ1n) is 4.55. The molecule has 1 saturated carbocycles. The van der Waals surface area contributed by atoms with Gasteiger partial charge in [-0.15, -0.1) is 0 Å². The highest BCUT2D eigenvalue weighted by Gasteiger charge is 2.18. The minimum atomic E-state index is 0.670. The van der Waals surface area contributed by atoms with Crippen molar-refractivity contribution in [3.8, 4) is 0 Å². The SMILES string of the molecule is Cc1c[nH]c(=S)n1C1CCCC1. The second kappa shape index (κ2) is 3.05. The fraction of sp³-hybridized carbons (Fsp3) is 0.667. The van der Waals surface area contributed by atoms with E-state index >= 15 is 0 Å². The number of aromatic nitrogens is 2. The zero-order valence-corrected chi connectivity index (χ0v) is 8.16. The average molecular weight is 182 g/mol. The molecule has 0 saturated heterocycles. The van der Waals surface area contributed by atoms with Crippen LogP contribution >= 0.6 is 12.2 Å². The summed E-state index contributed by atoms with van der Waals surface area (Å²) in [5, 5.41) is 0. The van der Waals surface area contributed by atoms with Gasteiger partial charge in [-0.3, -0.25) is 0 Å². The topological polar surface area (TPSA) is 20.7 Å². The molecule has 0 spiro atoms. The first kappa shape index (κ1) is 8.05. The predicted molar refractivity (Wildman–Crippen MR) is 51.9 cm³/mol. The van der Waals surface area contributed by atoms with Gasteiger partial charge in [-0.2, -0.15) is 0 Å². The molecule has 1 aliphatic rings. The summed E-state index contributed by atoms with van der Waals surface area (Å²) in [6, 6.07) is 0.670. The van der Waals surface area contributed by atoms with Gasteiger partial charge < -0.3 is 9.55 Å². The Morgan fingerprint density at radius 2 is 2.17 bits per heavy atom. The van der Waals surface area contributed by atoms with Gasteiger partial charge in [-0.25, -0.2) is 0 Å². The van der Waals surface area contributed by atoms with Crippen LogP contribution in [0.5, 0.6) is 0 Å². The number of aryl methyl sites for hydroxylation is 1. The fourth-order valence-electron chi connectivity index (χ4n) is 2.08. The van der Waals surface area contributed by atoms with Crippen molar-refractivity contribution in [3.05, 3.63) is 16.7 Å². The summed E-state index contributed by atoms with van der Waals surface area (Å²) in [5.74, 6) is 0. The van der Waals surface area contributed by atoms with Crippen molar-refractivity contribution in [1.82, 2.24) is 9.55 Å². The van der Waals surface area contributed by atoms with Crippen LogP contribution in [-0.4, -0.2) is 9.55 Å². The quantitative estimate of drug-likeness (QED) is 0.662. The van der Waals surface area contributed by atoms with E-state index < -0.39 is 0 Å². The van der Waals surface area contributed by atoms with Gasteiger partial charge in [0.25, 0.3) is 0 Å². The Hall–Kier alpha value is -0.570. The van der Waals surface area contributed by atoms with Crippen molar-refractivity contribution in [1.29, 1.82) is 0 Å². The zero-order valence-electron chi connectivity index (χ0n) is 7.34. The summed E-state index contributed by atoms with van der Waals surface area (Å²) >= 11 is 5.22. The molecule has 66 valence electrons. The Kier molecular flexibility index (Phi) is 2.05. The number of hydrogen-bond acceptors (Lipinski definition) is 1. The standard InChI is InChI=1S/C9H14N2S/c1-7-6-10-9(12)11(7)8-4-2-3-5-8/h6,8H,2-5H2,1H3,(H,10,12). The first-order valence-corrected chi connectivity index (χ1v) is 4.96. The highest BCUT2D eigenvalue weighted by Crippen LogP contribution is 2.30. The van der Waals surface area contributed by atoms with Crippen LogP contribution < -0.4 is 0 Å². The molecule has 2 rings (SSSR count). The van der Waals surface area contributed by atoms with Crippen LogP contribution in [-0.2, 0) is 0 Å². The van der Waals surface area contributed by atoms with Crippen LogP contribution in [0.2, 0.25) is 0 Å².